The SMILES string of the molecule is C=C[Si](C)(C)O[Si](O[Si](OCC)(OCC)OCC)(c1ccccc1)c1ccccc1. The van der Waals surface area contributed by atoms with Crippen molar-refractivity contribution in [3.8, 4) is 0 Å². The smallest absolute Gasteiger partial charge is 0.426 e. The molecule has 0 radical (unpaired) electrons. The van der Waals surface area contributed by atoms with Gasteiger partial charge in [-0.15, -0.1) is 6.58 Å². The van der Waals surface area contributed by atoms with Crippen molar-refractivity contribution >= 4 is 36.3 Å². The third-order valence-electron chi connectivity index (χ3n) is 4.44. The lowest BCUT2D eigenvalue weighted by Gasteiger charge is -2.41. The summed E-state index contributed by atoms with van der Waals surface area (Å²) in [7, 11) is -9.05. The van der Waals surface area contributed by atoms with Gasteiger partial charge >= 0.3 is 17.6 Å². The molecule has 0 unspecified atom stereocenters. The maximum Gasteiger partial charge on any atom is 0.671 e. The summed E-state index contributed by atoms with van der Waals surface area (Å²) in [6.07, 6.45) is 0. The Morgan fingerprint density at radius 3 is 1.43 bits per heavy atom. The second-order valence-electron chi connectivity index (χ2n) is 7.16. The van der Waals surface area contributed by atoms with E-state index in [-0.39, 0.29) is 0 Å². The van der Waals surface area contributed by atoms with Crippen LogP contribution in [0.1, 0.15) is 20.8 Å². The highest BCUT2D eigenvalue weighted by Crippen LogP contribution is 2.24. The Morgan fingerprint density at radius 2 is 1.10 bits per heavy atom. The molecule has 2 rings (SSSR count). The zero-order chi connectivity index (χ0) is 22.1. The van der Waals surface area contributed by atoms with Crippen molar-refractivity contribution in [2.45, 2.75) is 33.9 Å². The van der Waals surface area contributed by atoms with Crippen LogP contribution in [0.5, 0.6) is 0 Å². The number of rotatable bonds is 13. The maximum absolute atomic E-state index is 6.97. The molecule has 0 spiro atoms. The number of benzene rings is 2. The lowest BCUT2D eigenvalue weighted by atomic mass is 10.4. The minimum Gasteiger partial charge on any atom is -0.426 e. The van der Waals surface area contributed by atoms with Crippen molar-refractivity contribution in [3.63, 3.8) is 0 Å². The molecule has 0 fully saturated rings. The molecule has 2 aromatic rings. The van der Waals surface area contributed by atoms with E-state index in [0.29, 0.717) is 19.8 Å². The minimum atomic E-state index is -3.48. The van der Waals surface area contributed by atoms with Gasteiger partial charge in [0.1, 0.15) is 0 Å². The fourth-order valence-corrected chi connectivity index (χ4v) is 13.8. The topological polar surface area (TPSA) is 46.2 Å². The third-order valence-corrected chi connectivity index (χ3v) is 14.9. The van der Waals surface area contributed by atoms with E-state index in [1.165, 1.54) is 0 Å². The normalized spacial score (nSPS) is 12.7. The summed E-state index contributed by atoms with van der Waals surface area (Å²) in [5.41, 5.74) is 1.93. The summed E-state index contributed by atoms with van der Waals surface area (Å²) in [5, 5.41) is 1.96. The van der Waals surface area contributed by atoms with E-state index in [1.807, 2.05) is 62.9 Å². The highest BCUT2D eigenvalue weighted by Gasteiger charge is 2.58. The lowest BCUT2D eigenvalue weighted by Crippen LogP contribution is -2.72. The Morgan fingerprint density at radius 1 is 0.700 bits per heavy atom. The van der Waals surface area contributed by atoms with Gasteiger partial charge in [-0.05, 0) is 44.2 Å². The molecule has 0 aliphatic rings. The van der Waals surface area contributed by atoms with Crippen molar-refractivity contribution in [3.05, 3.63) is 72.9 Å². The van der Waals surface area contributed by atoms with Gasteiger partial charge in [-0.2, -0.15) is 0 Å². The molecule has 0 saturated heterocycles. The molecular weight excluding hydrogens is 428 g/mol. The predicted octanol–water partition coefficient (Wildman–Crippen LogP) is 3.75. The van der Waals surface area contributed by atoms with E-state index in [9.17, 15) is 0 Å². The second kappa shape index (κ2) is 11.3. The maximum atomic E-state index is 6.97. The van der Waals surface area contributed by atoms with E-state index < -0.39 is 25.9 Å². The molecule has 0 aromatic heterocycles. The zero-order valence-electron chi connectivity index (χ0n) is 18.7. The van der Waals surface area contributed by atoms with Gasteiger partial charge in [0.05, 0.1) is 0 Å². The van der Waals surface area contributed by atoms with Crippen LogP contribution in [0, 0.1) is 0 Å². The molecular formula is C22H34O5Si3. The summed E-state index contributed by atoms with van der Waals surface area (Å²) >= 11 is 0. The molecule has 0 N–H and O–H groups in total. The van der Waals surface area contributed by atoms with Crippen LogP contribution in [0.4, 0.5) is 0 Å². The Bertz CT molecular complexity index is 714. The first-order valence-electron chi connectivity index (χ1n) is 10.4. The molecule has 0 amide bonds. The first-order valence-corrected chi connectivity index (χ1v) is 16.9. The fourth-order valence-electron chi connectivity index (χ4n) is 3.07. The van der Waals surface area contributed by atoms with Crippen LogP contribution in [0.25, 0.3) is 0 Å². The Balaban J connectivity index is 2.76. The highest BCUT2D eigenvalue weighted by atomic mass is 28.5. The Labute approximate surface area is 184 Å². The van der Waals surface area contributed by atoms with Crippen LogP contribution in [-0.4, -0.2) is 45.7 Å². The molecule has 0 bridgehead atoms. The van der Waals surface area contributed by atoms with E-state index >= 15 is 0 Å². The van der Waals surface area contributed by atoms with Crippen LogP contribution >= 0.6 is 0 Å². The first-order chi connectivity index (χ1) is 14.4. The van der Waals surface area contributed by atoms with Crippen molar-refractivity contribution < 1.29 is 21.5 Å². The molecule has 0 saturated carbocycles. The molecule has 5 nitrogen and oxygen atoms in total. The average molecular weight is 463 g/mol. The largest absolute Gasteiger partial charge is 0.671 e. The van der Waals surface area contributed by atoms with Gasteiger partial charge in [-0.1, -0.05) is 66.4 Å². The monoisotopic (exact) mass is 462 g/mol. The van der Waals surface area contributed by atoms with Crippen LogP contribution < -0.4 is 10.4 Å². The summed E-state index contributed by atoms with van der Waals surface area (Å²) in [4.78, 5) is 0. The zero-order valence-corrected chi connectivity index (χ0v) is 21.7. The van der Waals surface area contributed by atoms with Crippen molar-refractivity contribution in [2.24, 2.45) is 0 Å². The lowest BCUT2D eigenvalue weighted by molar-refractivity contribution is 0.00351. The van der Waals surface area contributed by atoms with Gasteiger partial charge < -0.3 is 21.5 Å². The van der Waals surface area contributed by atoms with Gasteiger partial charge in [0.15, 0.2) is 0 Å². The highest BCUT2D eigenvalue weighted by molar-refractivity contribution is 7.01. The van der Waals surface area contributed by atoms with Crippen LogP contribution in [-0.2, 0) is 21.5 Å². The molecule has 0 atom stereocenters. The Hall–Kier alpha value is -1.37. The van der Waals surface area contributed by atoms with E-state index in [2.05, 4.69) is 43.9 Å². The summed E-state index contributed by atoms with van der Waals surface area (Å²) in [6.45, 7) is 15.3. The van der Waals surface area contributed by atoms with Gasteiger partial charge in [-0.25, -0.2) is 0 Å². The number of hydrogen-bond donors (Lipinski definition) is 0. The minimum absolute atomic E-state index is 0.419. The quantitative estimate of drug-likeness (QED) is 0.424. The molecule has 0 aliphatic carbocycles. The summed E-state index contributed by atoms with van der Waals surface area (Å²) < 4.78 is 32.1. The van der Waals surface area contributed by atoms with E-state index in [0.717, 1.165) is 10.4 Å². The standard InChI is InChI=1S/C22H34O5Si3/c1-7-23-30(24-8-2,25-9-3)27-29(26-28(5,6)10-4,21-17-13-11-14-18-21)22-19-15-12-16-20-22/h10-20H,4,7-9H2,1-3,5-6H3. The van der Waals surface area contributed by atoms with Crippen molar-refractivity contribution in [2.75, 3.05) is 19.8 Å². The van der Waals surface area contributed by atoms with E-state index in [4.69, 9.17) is 21.5 Å². The predicted molar refractivity (Wildman–Crippen MR) is 128 cm³/mol. The molecule has 164 valence electrons. The molecule has 8 heteroatoms. The van der Waals surface area contributed by atoms with Crippen LogP contribution in [0.2, 0.25) is 13.1 Å². The first kappa shape index (κ1) is 24.9. The van der Waals surface area contributed by atoms with Crippen molar-refractivity contribution in [1.29, 1.82) is 0 Å². The molecule has 0 heterocycles. The molecule has 0 aliphatic heterocycles. The molecule has 30 heavy (non-hydrogen) atoms. The Kier molecular flexibility index (Phi) is 9.38. The summed E-state index contributed by atoms with van der Waals surface area (Å²) in [6, 6.07) is 20.2. The van der Waals surface area contributed by atoms with Gasteiger partial charge in [0.25, 0.3) is 0 Å². The number of hydrogen-bond acceptors (Lipinski definition) is 5. The van der Waals surface area contributed by atoms with Gasteiger partial charge in [-0.3, -0.25) is 0 Å². The third kappa shape index (κ3) is 6.08. The fraction of sp³-hybridized carbons (Fsp3) is 0.364. The van der Waals surface area contributed by atoms with Crippen molar-refractivity contribution in [1.82, 2.24) is 0 Å². The summed E-state index contributed by atoms with van der Waals surface area (Å²) in [5.74, 6) is 0. The van der Waals surface area contributed by atoms with Crippen LogP contribution in [0.15, 0.2) is 72.9 Å². The second-order valence-corrected chi connectivity index (χ2v) is 16.7. The van der Waals surface area contributed by atoms with Crippen LogP contribution in [0.3, 0.4) is 0 Å². The van der Waals surface area contributed by atoms with E-state index in [1.54, 1.807) is 0 Å². The van der Waals surface area contributed by atoms with Gasteiger partial charge in [0.2, 0.25) is 8.32 Å². The average Bonchev–Trinajstić information content (AvgIpc) is 2.75. The van der Waals surface area contributed by atoms with Gasteiger partial charge in [0, 0.05) is 19.8 Å². The molecule has 2 aromatic carbocycles.